The molecule has 0 aliphatic heterocycles. The van der Waals surface area contributed by atoms with Crippen LogP contribution in [0.4, 0.5) is 4.79 Å². The minimum Gasteiger partial charge on any atom is -0.484 e. The van der Waals surface area contributed by atoms with Gasteiger partial charge in [0.1, 0.15) is 5.75 Å². The average molecular weight is 307 g/mol. The third-order valence-electron chi connectivity index (χ3n) is 2.72. The fourth-order valence-electron chi connectivity index (χ4n) is 1.42. The molecule has 0 heterocycles. The van der Waals surface area contributed by atoms with Crippen LogP contribution in [0, 0.1) is 0 Å². The number of amides is 2. The first-order valence-corrected chi connectivity index (χ1v) is 6.84. The lowest BCUT2D eigenvalue weighted by molar-refractivity contribution is -0.130. The van der Waals surface area contributed by atoms with Crippen LogP contribution in [0.15, 0.2) is 29.4 Å². The second kappa shape index (κ2) is 8.66. The van der Waals surface area contributed by atoms with Crippen LogP contribution in [-0.2, 0) is 9.53 Å². The van der Waals surface area contributed by atoms with Crippen LogP contribution in [0.25, 0.3) is 0 Å². The summed E-state index contributed by atoms with van der Waals surface area (Å²) in [5.74, 6) is 0.477. The van der Waals surface area contributed by atoms with Crippen molar-refractivity contribution in [3.63, 3.8) is 0 Å². The van der Waals surface area contributed by atoms with E-state index in [9.17, 15) is 9.59 Å². The minimum absolute atomic E-state index is 0.0101. The van der Waals surface area contributed by atoms with Crippen molar-refractivity contribution in [1.82, 2.24) is 10.3 Å². The van der Waals surface area contributed by atoms with Gasteiger partial charge in [-0.2, -0.15) is 5.10 Å². The van der Waals surface area contributed by atoms with Gasteiger partial charge in [0.2, 0.25) is 0 Å². The molecule has 0 saturated carbocycles. The molecule has 0 aliphatic rings. The molecule has 0 unspecified atom stereocenters. The molecule has 1 rings (SSSR count). The molecule has 120 valence electrons. The van der Waals surface area contributed by atoms with Crippen molar-refractivity contribution in [3.8, 4) is 5.75 Å². The summed E-state index contributed by atoms with van der Waals surface area (Å²) in [6.07, 6.45) is -0.594. The summed E-state index contributed by atoms with van der Waals surface area (Å²) in [7, 11) is 3.34. The van der Waals surface area contributed by atoms with Crippen LogP contribution in [0.1, 0.15) is 19.4 Å². The Hall–Kier alpha value is -2.57. The van der Waals surface area contributed by atoms with Crippen LogP contribution >= 0.6 is 0 Å². The number of nitrogens with one attached hydrogen (secondary N) is 1. The molecule has 7 heteroatoms. The van der Waals surface area contributed by atoms with Crippen LogP contribution < -0.4 is 10.2 Å². The first-order chi connectivity index (χ1) is 10.4. The summed E-state index contributed by atoms with van der Waals surface area (Å²) in [4.78, 5) is 24.0. The van der Waals surface area contributed by atoms with E-state index in [1.165, 1.54) is 4.90 Å². The minimum atomic E-state index is -0.594. The van der Waals surface area contributed by atoms with Crippen LogP contribution in [-0.4, -0.2) is 49.9 Å². The number of benzene rings is 1. The fourth-order valence-corrected chi connectivity index (χ4v) is 1.42. The standard InChI is InChI=1S/C15H21N3O4/c1-5-21-15(20)17-16-11(2)12-6-8-13(9-7-12)22-10-14(19)18(3)4/h6-9H,5,10H2,1-4H3,(H,17,20). The van der Waals surface area contributed by atoms with Crippen LogP contribution in [0.3, 0.4) is 0 Å². The summed E-state index contributed by atoms with van der Waals surface area (Å²) in [5.41, 5.74) is 3.75. The van der Waals surface area contributed by atoms with Gasteiger partial charge in [0.25, 0.3) is 5.91 Å². The second-order valence-corrected chi connectivity index (χ2v) is 4.63. The number of likely N-dealkylation sites (N-methyl/N-ethyl adjacent to an activating group) is 1. The Balaban J connectivity index is 2.58. The van der Waals surface area contributed by atoms with Crippen LogP contribution in [0.2, 0.25) is 0 Å². The number of hydrogen-bond acceptors (Lipinski definition) is 5. The summed E-state index contributed by atoms with van der Waals surface area (Å²) in [5, 5.41) is 3.93. The van der Waals surface area contributed by atoms with E-state index in [1.54, 1.807) is 52.2 Å². The highest BCUT2D eigenvalue weighted by atomic mass is 16.5. The molecule has 0 spiro atoms. The van der Waals surface area contributed by atoms with Gasteiger partial charge in [-0.25, -0.2) is 10.2 Å². The van der Waals surface area contributed by atoms with E-state index >= 15 is 0 Å². The molecule has 0 fully saturated rings. The first kappa shape index (κ1) is 17.5. The molecule has 0 aliphatic carbocycles. The highest BCUT2D eigenvalue weighted by Gasteiger charge is 2.05. The van der Waals surface area contributed by atoms with Gasteiger partial charge >= 0.3 is 6.09 Å². The molecule has 1 aromatic rings. The van der Waals surface area contributed by atoms with E-state index < -0.39 is 6.09 Å². The monoisotopic (exact) mass is 307 g/mol. The Morgan fingerprint density at radius 2 is 1.86 bits per heavy atom. The third kappa shape index (κ3) is 5.82. The molecule has 1 aromatic carbocycles. The van der Waals surface area contributed by atoms with Crippen molar-refractivity contribution >= 4 is 17.7 Å². The van der Waals surface area contributed by atoms with Gasteiger partial charge in [0.15, 0.2) is 6.61 Å². The second-order valence-electron chi connectivity index (χ2n) is 4.63. The lowest BCUT2D eigenvalue weighted by Crippen LogP contribution is -2.27. The van der Waals surface area contributed by atoms with E-state index in [4.69, 9.17) is 9.47 Å². The third-order valence-corrected chi connectivity index (χ3v) is 2.72. The molecule has 0 aromatic heterocycles. The predicted octanol–water partition coefficient (Wildman–Crippen LogP) is 1.62. The maximum absolute atomic E-state index is 11.4. The number of carbonyl (C=O) groups is 2. The number of hydrazone groups is 1. The molecule has 0 bridgehead atoms. The maximum Gasteiger partial charge on any atom is 0.427 e. The van der Waals surface area contributed by atoms with Gasteiger partial charge in [0, 0.05) is 14.1 Å². The van der Waals surface area contributed by atoms with Crippen molar-refractivity contribution in [2.75, 3.05) is 27.3 Å². The number of hydrogen-bond donors (Lipinski definition) is 1. The number of nitrogens with zero attached hydrogens (tertiary/aromatic N) is 2. The van der Waals surface area contributed by atoms with E-state index in [1.807, 2.05) is 0 Å². The van der Waals surface area contributed by atoms with E-state index in [0.29, 0.717) is 11.5 Å². The zero-order valence-corrected chi connectivity index (χ0v) is 13.3. The molecular weight excluding hydrogens is 286 g/mol. The molecule has 0 atom stereocenters. The number of ether oxygens (including phenoxy) is 2. The fraction of sp³-hybridized carbons (Fsp3) is 0.400. The van der Waals surface area contributed by atoms with Crippen molar-refractivity contribution in [2.24, 2.45) is 5.10 Å². The Bertz CT molecular complexity index is 538. The smallest absolute Gasteiger partial charge is 0.427 e. The first-order valence-electron chi connectivity index (χ1n) is 6.84. The lowest BCUT2D eigenvalue weighted by Gasteiger charge is -2.11. The Labute approximate surface area is 129 Å². The molecular formula is C15H21N3O4. The van der Waals surface area contributed by atoms with Gasteiger partial charge in [-0.1, -0.05) is 0 Å². The molecule has 2 amide bonds. The maximum atomic E-state index is 11.4. The van der Waals surface area contributed by atoms with Gasteiger partial charge in [-0.15, -0.1) is 0 Å². The molecule has 0 saturated heterocycles. The predicted molar refractivity (Wildman–Crippen MR) is 83.0 cm³/mol. The number of carbonyl (C=O) groups excluding carboxylic acids is 2. The molecule has 22 heavy (non-hydrogen) atoms. The SMILES string of the molecule is CCOC(=O)NN=C(C)c1ccc(OCC(=O)N(C)C)cc1. The van der Waals surface area contributed by atoms with Gasteiger partial charge in [-0.05, 0) is 43.7 Å². The summed E-state index contributed by atoms with van der Waals surface area (Å²) >= 11 is 0. The number of rotatable bonds is 6. The van der Waals surface area contributed by atoms with Gasteiger partial charge < -0.3 is 14.4 Å². The van der Waals surface area contributed by atoms with Crippen LogP contribution in [0.5, 0.6) is 5.75 Å². The Kier molecular flexibility index (Phi) is 6.88. The van der Waals surface area contributed by atoms with Gasteiger partial charge in [-0.3, -0.25) is 4.79 Å². The Morgan fingerprint density at radius 1 is 1.23 bits per heavy atom. The normalized spacial score (nSPS) is 10.8. The lowest BCUT2D eigenvalue weighted by atomic mass is 10.1. The topological polar surface area (TPSA) is 80.2 Å². The van der Waals surface area contributed by atoms with Crippen molar-refractivity contribution < 1.29 is 19.1 Å². The highest BCUT2D eigenvalue weighted by molar-refractivity contribution is 5.99. The van der Waals surface area contributed by atoms with E-state index in [2.05, 4.69) is 10.5 Å². The van der Waals surface area contributed by atoms with Crippen molar-refractivity contribution in [1.29, 1.82) is 0 Å². The highest BCUT2D eigenvalue weighted by Crippen LogP contribution is 2.12. The zero-order chi connectivity index (χ0) is 16.5. The Morgan fingerprint density at radius 3 is 2.41 bits per heavy atom. The van der Waals surface area contributed by atoms with E-state index in [0.717, 1.165) is 5.56 Å². The largest absolute Gasteiger partial charge is 0.484 e. The summed E-state index contributed by atoms with van der Waals surface area (Å²) in [6, 6.07) is 7.06. The molecule has 0 radical (unpaired) electrons. The van der Waals surface area contributed by atoms with Gasteiger partial charge in [0.05, 0.1) is 12.3 Å². The zero-order valence-electron chi connectivity index (χ0n) is 13.3. The van der Waals surface area contributed by atoms with Crippen molar-refractivity contribution in [3.05, 3.63) is 29.8 Å². The molecule has 1 N–H and O–H groups in total. The average Bonchev–Trinajstić information content (AvgIpc) is 2.51. The summed E-state index contributed by atoms with van der Waals surface area (Å²) < 4.78 is 10.1. The quantitative estimate of drug-likeness (QED) is 0.640. The van der Waals surface area contributed by atoms with Crippen molar-refractivity contribution in [2.45, 2.75) is 13.8 Å². The molecule has 7 nitrogen and oxygen atoms in total. The summed E-state index contributed by atoms with van der Waals surface area (Å²) in [6.45, 7) is 3.76. The van der Waals surface area contributed by atoms with E-state index in [-0.39, 0.29) is 19.1 Å².